The molecule has 1 saturated heterocycles. The van der Waals surface area contributed by atoms with Crippen LogP contribution in [0.2, 0.25) is 5.02 Å². The van der Waals surface area contributed by atoms with Crippen molar-refractivity contribution in [3.05, 3.63) is 59.1 Å². The maximum atomic E-state index is 12.7. The van der Waals surface area contributed by atoms with Gasteiger partial charge >= 0.3 is 0 Å². The van der Waals surface area contributed by atoms with Crippen LogP contribution in [0.5, 0.6) is 11.5 Å². The average Bonchev–Trinajstić information content (AvgIpc) is 2.69. The minimum Gasteiger partial charge on any atom is -0.491 e. The summed E-state index contributed by atoms with van der Waals surface area (Å²) in [6.07, 6.45) is -0.728. The van der Waals surface area contributed by atoms with Gasteiger partial charge in [-0.1, -0.05) is 29.8 Å². The zero-order valence-corrected chi connectivity index (χ0v) is 16.3. The van der Waals surface area contributed by atoms with Gasteiger partial charge in [0.15, 0.2) is 6.10 Å². The van der Waals surface area contributed by atoms with Gasteiger partial charge in [-0.25, -0.2) is 0 Å². The molecule has 0 saturated carbocycles. The second-order valence-corrected chi connectivity index (χ2v) is 6.98. The van der Waals surface area contributed by atoms with Gasteiger partial charge in [0.25, 0.3) is 5.91 Å². The Bertz CT molecular complexity index is 768. The predicted octanol–water partition coefficient (Wildman–Crippen LogP) is 3.72. The standard InChI is InChI=1S/C21H24ClNO4/c1-15-12-18(8-9-20(15)22)26-14-19-13-23(10-11-25-19)21(24)16(2)27-17-6-4-3-5-7-17/h3-9,12,16,19H,10-11,13-14H2,1-2H3/t16-,19-/m0/s1. The molecule has 1 aliphatic rings. The molecule has 6 heteroatoms. The van der Waals surface area contributed by atoms with Crippen LogP contribution >= 0.6 is 11.6 Å². The van der Waals surface area contributed by atoms with Crippen LogP contribution in [0.25, 0.3) is 0 Å². The smallest absolute Gasteiger partial charge is 0.263 e. The van der Waals surface area contributed by atoms with Crippen molar-refractivity contribution in [2.45, 2.75) is 26.1 Å². The van der Waals surface area contributed by atoms with Crippen molar-refractivity contribution in [3.8, 4) is 11.5 Å². The molecule has 0 bridgehead atoms. The summed E-state index contributed by atoms with van der Waals surface area (Å²) in [4.78, 5) is 14.5. The van der Waals surface area contributed by atoms with Crippen molar-refractivity contribution < 1.29 is 19.0 Å². The highest BCUT2D eigenvalue weighted by molar-refractivity contribution is 6.31. The van der Waals surface area contributed by atoms with Crippen LogP contribution in [0.1, 0.15) is 12.5 Å². The molecule has 3 rings (SSSR count). The number of morpholine rings is 1. The molecule has 27 heavy (non-hydrogen) atoms. The second kappa shape index (κ2) is 9.11. The largest absolute Gasteiger partial charge is 0.491 e. The minimum absolute atomic E-state index is 0.0468. The Kier molecular flexibility index (Phi) is 6.58. The Hall–Kier alpha value is -2.24. The zero-order valence-electron chi connectivity index (χ0n) is 15.6. The number of amides is 1. The number of aryl methyl sites for hydroxylation is 1. The molecule has 0 aliphatic carbocycles. The Labute approximate surface area is 164 Å². The highest BCUT2D eigenvalue weighted by atomic mass is 35.5. The van der Waals surface area contributed by atoms with Crippen LogP contribution < -0.4 is 9.47 Å². The molecule has 0 N–H and O–H groups in total. The van der Waals surface area contributed by atoms with Crippen LogP contribution in [0, 0.1) is 6.92 Å². The van der Waals surface area contributed by atoms with E-state index in [4.69, 9.17) is 25.8 Å². The summed E-state index contributed by atoms with van der Waals surface area (Å²) in [5.41, 5.74) is 0.961. The first kappa shape index (κ1) is 19.5. The van der Waals surface area contributed by atoms with E-state index in [2.05, 4.69) is 0 Å². The third-order valence-electron chi connectivity index (χ3n) is 4.42. The molecule has 5 nitrogen and oxygen atoms in total. The summed E-state index contributed by atoms with van der Waals surface area (Å²) in [6, 6.07) is 14.9. The van der Waals surface area contributed by atoms with E-state index >= 15 is 0 Å². The lowest BCUT2D eigenvalue weighted by Crippen LogP contribution is -2.51. The number of para-hydroxylation sites is 1. The monoisotopic (exact) mass is 389 g/mol. The van der Waals surface area contributed by atoms with Crippen LogP contribution in [0.4, 0.5) is 0 Å². The molecule has 1 heterocycles. The van der Waals surface area contributed by atoms with Gasteiger partial charge in [-0.15, -0.1) is 0 Å². The highest BCUT2D eigenvalue weighted by Crippen LogP contribution is 2.21. The Morgan fingerprint density at radius 3 is 2.78 bits per heavy atom. The van der Waals surface area contributed by atoms with Gasteiger partial charge in [0.2, 0.25) is 0 Å². The van der Waals surface area contributed by atoms with Crippen molar-refractivity contribution in [3.63, 3.8) is 0 Å². The molecule has 0 aromatic heterocycles. The fourth-order valence-corrected chi connectivity index (χ4v) is 3.04. The van der Waals surface area contributed by atoms with E-state index in [1.54, 1.807) is 11.8 Å². The molecule has 0 spiro atoms. The maximum absolute atomic E-state index is 12.7. The molecule has 144 valence electrons. The number of carbonyl (C=O) groups excluding carboxylic acids is 1. The number of hydrogen-bond donors (Lipinski definition) is 0. The van der Waals surface area contributed by atoms with Gasteiger partial charge in [-0.05, 0) is 49.7 Å². The molecular weight excluding hydrogens is 366 g/mol. The first-order valence-electron chi connectivity index (χ1n) is 9.04. The molecule has 0 unspecified atom stereocenters. The van der Waals surface area contributed by atoms with E-state index in [1.807, 2.05) is 55.5 Å². The highest BCUT2D eigenvalue weighted by Gasteiger charge is 2.28. The summed E-state index contributed by atoms with van der Waals surface area (Å²) in [7, 11) is 0. The van der Waals surface area contributed by atoms with E-state index in [1.165, 1.54) is 0 Å². The van der Waals surface area contributed by atoms with Crippen LogP contribution in [-0.4, -0.2) is 49.3 Å². The fourth-order valence-electron chi connectivity index (χ4n) is 2.93. The normalized spacial score (nSPS) is 18.0. The molecule has 2 aromatic rings. The van der Waals surface area contributed by atoms with E-state index in [-0.39, 0.29) is 12.0 Å². The predicted molar refractivity (Wildman–Crippen MR) is 105 cm³/mol. The van der Waals surface area contributed by atoms with E-state index in [0.29, 0.717) is 37.1 Å². The summed E-state index contributed by atoms with van der Waals surface area (Å²) in [5.74, 6) is 1.38. The van der Waals surface area contributed by atoms with Crippen molar-refractivity contribution in [1.82, 2.24) is 4.90 Å². The van der Waals surface area contributed by atoms with Crippen molar-refractivity contribution in [2.75, 3.05) is 26.3 Å². The molecule has 1 aliphatic heterocycles. The molecular formula is C21H24ClNO4. The second-order valence-electron chi connectivity index (χ2n) is 6.57. The van der Waals surface area contributed by atoms with Gasteiger partial charge in [0.1, 0.15) is 24.2 Å². The zero-order chi connectivity index (χ0) is 19.2. The third kappa shape index (κ3) is 5.37. The van der Waals surface area contributed by atoms with Crippen LogP contribution in [0.15, 0.2) is 48.5 Å². The number of nitrogens with zero attached hydrogens (tertiary/aromatic N) is 1. The van der Waals surface area contributed by atoms with Crippen molar-refractivity contribution in [2.24, 2.45) is 0 Å². The Morgan fingerprint density at radius 2 is 2.04 bits per heavy atom. The maximum Gasteiger partial charge on any atom is 0.263 e. The summed E-state index contributed by atoms with van der Waals surface area (Å²) in [6.45, 7) is 5.59. The number of halogens is 1. The topological polar surface area (TPSA) is 48.0 Å². The average molecular weight is 390 g/mol. The van der Waals surface area contributed by atoms with Crippen molar-refractivity contribution in [1.29, 1.82) is 0 Å². The lowest BCUT2D eigenvalue weighted by atomic mass is 10.2. The van der Waals surface area contributed by atoms with Gasteiger partial charge in [0.05, 0.1) is 13.2 Å². The first-order valence-corrected chi connectivity index (χ1v) is 9.42. The number of benzene rings is 2. The summed E-state index contributed by atoms with van der Waals surface area (Å²) in [5, 5.41) is 0.709. The van der Waals surface area contributed by atoms with Gasteiger partial charge < -0.3 is 19.1 Å². The lowest BCUT2D eigenvalue weighted by Gasteiger charge is -2.34. The quantitative estimate of drug-likeness (QED) is 0.755. The van der Waals surface area contributed by atoms with Crippen LogP contribution in [-0.2, 0) is 9.53 Å². The number of carbonyl (C=O) groups is 1. The van der Waals surface area contributed by atoms with Gasteiger partial charge in [-0.2, -0.15) is 0 Å². The SMILES string of the molecule is Cc1cc(OC[C@@H]2CN(C(=O)[C@H](C)Oc3ccccc3)CCO2)ccc1Cl. The number of rotatable bonds is 6. The Balaban J connectivity index is 1.52. The van der Waals surface area contributed by atoms with Crippen LogP contribution in [0.3, 0.4) is 0 Å². The first-order chi connectivity index (χ1) is 13.0. The van der Waals surface area contributed by atoms with Crippen molar-refractivity contribution >= 4 is 17.5 Å². The summed E-state index contributed by atoms with van der Waals surface area (Å²) >= 11 is 6.03. The lowest BCUT2D eigenvalue weighted by molar-refractivity contribution is -0.146. The molecule has 1 fully saturated rings. The van der Waals surface area contributed by atoms with Gasteiger partial charge in [0, 0.05) is 11.6 Å². The van der Waals surface area contributed by atoms with E-state index < -0.39 is 6.10 Å². The van der Waals surface area contributed by atoms with E-state index in [9.17, 15) is 4.79 Å². The molecule has 2 aromatic carbocycles. The molecule has 2 atom stereocenters. The third-order valence-corrected chi connectivity index (χ3v) is 4.84. The molecule has 0 radical (unpaired) electrons. The Morgan fingerprint density at radius 1 is 1.26 bits per heavy atom. The number of hydrogen-bond acceptors (Lipinski definition) is 4. The molecule has 1 amide bonds. The minimum atomic E-state index is -0.550. The summed E-state index contributed by atoms with van der Waals surface area (Å²) < 4.78 is 17.3. The van der Waals surface area contributed by atoms with E-state index in [0.717, 1.165) is 11.3 Å². The fraction of sp³-hybridized carbons (Fsp3) is 0.381. The van der Waals surface area contributed by atoms with Gasteiger partial charge in [-0.3, -0.25) is 4.79 Å². The number of ether oxygens (including phenoxy) is 3.